The number of carbonyl (C=O) groups excluding carboxylic acids is 3. The maximum atomic E-state index is 13.0. The molecule has 2 aromatic rings. The average Bonchev–Trinajstić information content (AvgIpc) is 2.71. The Hall–Kier alpha value is -2.84. The van der Waals surface area contributed by atoms with Gasteiger partial charge in [0, 0.05) is 35.7 Å². The summed E-state index contributed by atoms with van der Waals surface area (Å²) in [6, 6.07) is 11.5. The fraction of sp³-hybridized carbons (Fsp3) is 0.286. The predicted octanol–water partition coefficient (Wildman–Crippen LogP) is 2.07. The predicted molar refractivity (Wildman–Crippen MR) is 108 cm³/mol. The monoisotopic (exact) mass is 412 g/mol. The number of piperidine rings is 1. The van der Waals surface area contributed by atoms with Crippen LogP contribution in [0.2, 0.25) is 0 Å². The summed E-state index contributed by atoms with van der Waals surface area (Å²) in [7, 11) is -3.27. The SMILES string of the molecule is CS(=O)(=O)N1CCC(C(=O)Nc2cccc3c2C(=O)c2ccccc2C3=O)CC1. The molecule has 1 N–H and O–H groups in total. The number of benzene rings is 2. The molecule has 0 aromatic heterocycles. The van der Waals surface area contributed by atoms with Gasteiger partial charge in [-0.3, -0.25) is 14.4 Å². The molecule has 8 heteroatoms. The molecule has 7 nitrogen and oxygen atoms in total. The number of nitrogens with one attached hydrogen (secondary N) is 1. The summed E-state index contributed by atoms with van der Waals surface area (Å²) >= 11 is 0. The summed E-state index contributed by atoms with van der Waals surface area (Å²) in [6.07, 6.45) is 1.97. The van der Waals surface area contributed by atoms with Crippen LogP contribution in [-0.4, -0.2) is 49.5 Å². The third-order valence-electron chi connectivity index (χ3n) is 5.50. The van der Waals surface area contributed by atoms with Gasteiger partial charge in [0.05, 0.1) is 17.5 Å². The lowest BCUT2D eigenvalue weighted by atomic mass is 9.83. The van der Waals surface area contributed by atoms with Crippen molar-refractivity contribution in [1.82, 2.24) is 4.31 Å². The first-order valence-electron chi connectivity index (χ1n) is 9.35. The standard InChI is InChI=1S/C21H20N2O5S/c1-29(27,28)23-11-9-13(10-12-23)21(26)22-17-8-4-7-16-18(17)20(25)15-6-3-2-5-14(15)19(16)24/h2-8,13H,9-12H2,1H3,(H,22,26). The summed E-state index contributed by atoms with van der Waals surface area (Å²) in [5.74, 6) is -1.16. The average molecular weight is 412 g/mol. The number of anilines is 1. The Morgan fingerprint density at radius 3 is 2.14 bits per heavy atom. The van der Waals surface area contributed by atoms with E-state index >= 15 is 0 Å². The third kappa shape index (κ3) is 3.49. The molecule has 0 saturated carbocycles. The zero-order chi connectivity index (χ0) is 20.8. The molecule has 0 radical (unpaired) electrons. The normalized spacial score (nSPS) is 17.6. The van der Waals surface area contributed by atoms with Crippen LogP contribution in [-0.2, 0) is 14.8 Å². The van der Waals surface area contributed by atoms with E-state index in [1.165, 1.54) is 4.31 Å². The van der Waals surface area contributed by atoms with Crippen molar-refractivity contribution in [2.75, 3.05) is 24.7 Å². The van der Waals surface area contributed by atoms with Gasteiger partial charge in [0.25, 0.3) is 0 Å². The fourth-order valence-corrected chi connectivity index (χ4v) is 4.81. The minimum Gasteiger partial charge on any atom is -0.325 e. The van der Waals surface area contributed by atoms with Crippen LogP contribution >= 0.6 is 0 Å². The van der Waals surface area contributed by atoms with Gasteiger partial charge < -0.3 is 5.32 Å². The number of amides is 1. The van der Waals surface area contributed by atoms with Crippen LogP contribution in [0.4, 0.5) is 5.69 Å². The largest absolute Gasteiger partial charge is 0.325 e. The van der Waals surface area contributed by atoms with Gasteiger partial charge in [-0.15, -0.1) is 0 Å². The van der Waals surface area contributed by atoms with Crippen molar-refractivity contribution in [3.05, 3.63) is 64.7 Å². The lowest BCUT2D eigenvalue weighted by Gasteiger charge is -2.29. The Morgan fingerprint density at radius 2 is 1.52 bits per heavy atom. The van der Waals surface area contributed by atoms with Gasteiger partial charge >= 0.3 is 0 Å². The molecule has 1 heterocycles. The smallest absolute Gasteiger partial charge is 0.227 e. The van der Waals surface area contributed by atoms with E-state index < -0.39 is 10.0 Å². The van der Waals surface area contributed by atoms with Crippen molar-refractivity contribution in [2.24, 2.45) is 5.92 Å². The zero-order valence-electron chi connectivity index (χ0n) is 15.8. The van der Waals surface area contributed by atoms with Crippen LogP contribution in [0.3, 0.4) is 0 Å². The van der Waals surface area contributed by atoms with Gasteiger partial charge in [0.15, 0.2) is 11.6 Å². The Bertz CT molecular complexity index is 1130. The van der Waals surface area contributed by atoms with Gasteiger partial charge in [-0.05, 0) is 18.9 Å². The highest BCUT2D eigenvalue weighted by Crippen LogP contribution is 2.32. The summed E-state index contributed by atoms with van der Waals surface area (Å²) in [5, 5.41) is 2.80. The van der Waals surface area contributed by atoms with E-state index in [0.717, 1.165) is 6.26 Å². The van der Waals surface area contributed by atoms with Crippen LogP contribution in [0.25, 0.3) is 0 Å². The second kappa shape index (κ2) is 7.20. The molecule has 0 atom stereocenters. The summed E-state index contributed by atoms with van der Waals surface area (Å²) < 4.78 is 24.6. The highest BCUT2D eigenvalue weighted by atomic mass is 32.2. The van der Waals surface area contributed by atoms with Gasteiger partial charge in [-0.1, -0.05) is 36.4 Å². The van der Waals surface area contributed by atoms with Crippen molar-refractivity contribution in [3.8, 4) is 0 Å². The van der Waals surface area contributed by atoms with Gasteiger partial charge in [-0.2, -0.15) is 0 Å². The zero-order valence-corrected chi connectivity index (χ0v) is 16.7. The minimum atomic E-state index is -3.27. The summed E-state index contributed by atoms with van der Waals surface area (Å²) in [5.41, 5.74) is 1.48. The molecule has 4 rings (SSSR count). The Balaban J connectivity index is 1.58. The molecular weight excluding hydrogens is 392 g/mol. The summed E-state index contributed by atoms with van der Waals surface area (Å²) in [4.78, 5) is 38.6. The maximum absolute atomic E-state index is 13.0. The molecule has 1 aliphatic carbocycles. The number of rotatable bonds is 3. The van der Waals surface area contributed by atoms with Gasteiger partial charge in [0.1, 0.15) is 0 Å². The van der Waals surface area contributed by atoms with Crippen molar-refractivity contribution in [2.45, 2.75) is 12.8 Å². The number of carbonyl (C=O) groups is 3. The minimum absolute atomic E-state index is 0.207. The third-order valence-corrected chi connectivity index (χ3v) is 6.81. The quantitative estimate of drug-likeness (QED) is 0.710. The Labute approximate surface area is 168 Å². The fourth-order valence-electron chi connectivity index (χ4n) is 3.93. The molecule has 2 aliphatic rings. The van der Waals surface area contributed by atoms with Crippen LogP contribution in [0.5, 0.6) is 0 Å². The van der Waals surface area contributed by atoms with Crippen LogP contribution in [0, 0.1) is 5.92 Å². The molecule has 0 bridgehead atoms. The highest BCUT2D eigenvalue weighted by molar-refractivity contribution is 7.88. The molecule has 0 spiro atoms. The first-order valence-corrected chi connectivity index (χ1v) is 11.2. The second-order valence-corrected chi connectivity index (χ2v) is 9.34. The maximum Gasteiger partial charge on any atom is 0.227 e. The van der Waals surface area contributed by atoms with Crippen LogP contribution in [0.1, 0.15) is 44.7 Å². The van der Waals surface area contributed by atoms with Crippen molar-refractivity contribution in [1.29, 1.82) is 0 Å². The van der Waals surface area contributed by atoms with E-state index in [0.29, 0.717) is 29.7 Å². The number of ketones is 2. The van der Waals surface area contributed by atoms with E-state index in [1.807, 2.05) is 0 Å². The molecular formula is C21H20N2O5S. The number of nitrogens with zero attached hydrogens (tertiary/aromatic N) is 1. The molecule has 1 fully saturated rings. The Morgan fingerprint density at radius 1 is 0.931 bits per heavy atom. The number of hydrogen-bond acceptors (Lipinski definition) is 5. The van der Waals surface area contributed by atoms with E-state index in [-0.39, 0.29) is 47.6 Å². The van der Waals surface area contributed by atoms with E-state index in [1.54, 1.807) is 42.5 Å². The van der Waals surface area contributed by atoms with Crippen LogP contribution < -0.4 is 5.32 Å². The number of fused-ring (bicyclic) bond motifs is 2. The van der Waals surface area contributed by atoms with E-state index in [9.17, 15) is 22.8 Å². The first-order chi connectivity index (χ1) is 13.8. The van der Waals surface area contributed by atoms with Crippen molar-refractivity contribution < 1.29 is 22.8 Å². The first kappa shape index (κ1) is 19.5. The molecule has 1 saturated heterocycles. The van der Waals surface area contributed by atoms with Crippen molar-refractivity contribution >= 4 is 33.2 Å². The molecule has 2 aromatic carbocycles. The molecule has 150 valence electrons. The topological polar surface area (TPSA) is 101 Å². The molecule has 1 aliphatic heterocycles. The lowest BCUT2D eigenvalue weighted by molar-refractivity contribution is -0.120. The summed E-state index contributed by atoms with van der Waals surface area (Å²) in [6.45, 7) is 0.573. The highest BCUT2D eigenvalue weighted by Gasteiger charge is 2.33. The van der Waals surface area contributed by atoms with E-state index in [2.05, 4.69) is 5.32 Å². The van der Waals surface area contributed by atoms with Crippen LogP contribution in [0.15, 0.2) is 42.5 Å². The van der Waals surface area contributed by atoms with Gasteiger partial charge in [-0.25, -0.2) is 12.7 Å². The lowest BCUT2D eigenvalue weighted by Crippen LogP contribution is -2.41. The Kier molecular flexibility index (Phi) is 4.84. The van der Waals surface area contributed by atoms with Crippen molar-refractivity contribution in [3.63, 3.8) is 0 Å². The molecule has 0 unspecified atom stereocenters. The van der Waals surface area contributed by atoms with Gasteiger partial charge in [0.2, 0.25) is 15.9 Å². The van der Waals surface area contributed by atoms with E-state index in [4.69, 9.17) is 0 Å². The molecule has 29 heavy (non-hydrogen) atoms. The number of hydrogen-bond donors (Lipinski definition) is 1. The second-order valence-electron chi connectivity index (χ2n) is 7.36. The number of sulfonamides is 1. The molecule has 1 amide bonds.